The maximum absolute atomic E-state index is 5.60. The highest BCUT2D eigenvalue weighted by atomic mass is 16.5. The fourth-order valence-corrected chi connectivity index (χ4v) is 3.60. The summed E-state index contributed by atoms with van der Waals surface area (Å²) in [6.45, 7) is 6.86. The smallest absolute Gasteiger partial charge is 0.119 e. The summed E-state index contributed by atoms with van der Waals surface area (Å²) in [6.07, 6.45) is 2.59. The first-order valence-electron chi connectivity index (χ1n) is 9.60. The Labute approximate surface area is 157 Å². The molecule has 1 unspecified atom stereocenters. The summed E-state index contributed by atoms with van der Waals surface area (Å²) in [5, 5.41) is 3.65. The molecule has 140 valence electrons. The lowest BCUT2D eigenvalue weighted by molar-refractivity contribution is 0.238. The largest absolute Gasteiger partial charge is 0.497 e. The minimum Gasteiger partial charge on any atom is -0.497 e. The number of hydrogen-bond acceptors (Lipinski definition) is 4. The zero-order valence-corrected chi connectivity index (χ0v) is 15.9. The average Bonchev–Trinajstić information content (AvgIpc) is 3.20. The molecule has 0 saturated carbocycles. The Morgan fingerprint density at radius 3 is 2.50 bits per heavy atom. The Bertz CT molecular complexity index is 666. The van der Waals surface area contributed by atoms with E-state index in [0.717, 1.165) is 24.6 Å². The molecule has 0 aromatic heterocycles. The number of likely N-dealkylation sites (tertiary alicyclic amines) is 1. The number of nitrogens with one attached hydrogen (secondary N) is 1. The summed E-state index contributed by atoms with van der Waals surface area (Å²) in [6, 6.07) is 17.2. The maximum atomic E-state index is 5.60. The zero-order valence-electron chi connectivity index (χ0n) is 15.9. The second-order valence-corrected chi connectivity index (χ2v) is 6.74. The molecule has 0 amide bonds. The van der Waals surface area contributed by atoms with Crippen molar-refractivity contribution in [1.29, 1.82) is 0 Å². The van der Waals surface area contributed by atoms with Crippen molar-refractivity contribution in [3.05, 3.63) is 59.7 Å². The molecule has 3 rings (SSSR count). The first-order valence-corrected chi connectivity index (χ1v) is 9.60. The Kier molecular flexibility index (Phi) is 6.92. The molecule has 4 nitrogen and oxygen atoms in total. The van der Waals surface area contributed by atoms with Crippen molar-refractivity contribution >= 4 is 0 Å². The van der Waals surface area contributed by atoms with Gasteiger partial charge in [0.25, 0.3) is 0 Å². The molecule has 1 heterocycles. The molecular formula is C22H30N2O2. The van der Waals surface area contributed by atoms with Crippen molar-refractivity contribution in [2.75, 3.05) is 33.4 Å². The molecular weight excluding hydrogens is 324 g/mol. The van der Waals surface area contributed by atoms with Crippen LogP contribution in [0, 0.1) is 0 Å². The van der Waals surface area contributed by atoms with Gasteiger partial charge in [-0.15, -0.1) is 0 Å². The molecule has 26 heavy (non-hydrogen) atoms. The van der Waals surface area contributed by atoms with E-state index < -0.39 is 0 Å². The van der Waals surface area contributed by atoms with Crippen LogP contribution in [-0.2, 0) is 6.54 Å². The molecule has 2 aromatic rings. The van der Waals surface area contributed by atoms with Crippen molar-refractivity contribution < 1.29 is 9.47 Å². The number of benzene rings is 2. The lowest BCUT2D eigenvalue weighted by Gasteiger charge is -2.28. The van der Waals surface area contributed by atoms with Crippen LogP contribution >= 0.6 is 0 Å². The van der Waals surface area contributed by atoms with Gasteiger partial charge in [0.05, 0.1) is 13.7 Å². The lowest BCUT2D eigenvalue weighted by Crippen LogP contribution is -2.34. The molecule has 1 aliphatic rings. The molecule has 0 bridgehead atoms. The highest BCUT2D eigenvalue weighted by Gasteiger charge is 2.23. The molecule has 0 spiro atoms. The number of hydrogen-bond donors (Lipinski definition) is 1. The van der Waals surface area contributed by atoms with Crippen LogP contribution in [0.5, 0.6) is 11.5 Å². The van der Waals surface area contributed by atoms with Gasteiger partial charge in [-0.25, -0.2) is 0 Å². The summed E-state index contributed by atoms with van der Waals surface area (Å²) in [5.41, 5.74) is 2.61. The molecule has 0 radical (unpaired) electrons. The van der Waals surface area contributed by atoms with Crippen LogP contribution in [0.4, 0.5) is 0 Å². The Hall–Kier alpha value is -2.04. The van der Waals surface area contributed by atoms with Crippen LogP contribution in [0.25, 0.3) is 0 Å². The quantitative estimate of drug-likeness (QED) is 0.737. The maximum Gasteiger partial charge on any atom is 0.119 e. The highest BCUT2D eigenvalue weighted by molar-refractivity contribution is 5.30. The predicted molar refractivity (Wildman–Crippen MR) is 106 cm³/mol. The summed E-state index contributed by atoms with van der Waals surface area (Å²) < 4.78 is 10.9. The first kappa shape index (κ1) is 18.7. The van der Waals surface area contributed by atoms with Gasteiger partial charge >= 0.3 is 0 Å². The van der Waals surface area contributed by atoms with E-state index >= 15 is 0 Å². The number of methoxy groups -OCH3 is 1. The Balaban J connectivity index is 1.63. The predicted octanol–water partition coefficient (Wildman–Crippen LogP) is 4.02. The third kappa shape index (κ3) is 4.99. The van der Waals surface area contributed by atoms with Crippen LogP contribution in [0.2, 0.25) is 0 Å². The standard InChI is InChI=1S/C22H30N2O2/c1-3-26-21-8-6-7-18(15-21)16-23-17-22(24-13-4-5-14-24)19-9-11-20(25-2)12-10-19/h6-12,15,22-23H,3-5,13-14,16-17H2,1-2H3. The molecule has 1 aliphatic heterocycles. The molecule has 0 aliphatic carbocycles. The van der Waals surface area contributed by atoms with Crippen molar-refractivity contribution in [3.8, 4) is 11.5 Å². The second kappa shape index (κ2) is 9.60. The molecule has 4 heteroatoms. The van der Waals surface area contributed by atoms with E-state index in [2.05, 4.69) is 52.7 Å². The Morgan fingerprint density at radius 2 is 1.81 bits per heavy atom. The van der Waals surface area contributed by atoms with Gasteiger partial charge < -0.3 is 14.8 Å². The van der Waals surface area contributed by atoms with Gasteiger partial charge in [0.1, 0.15) is 11.5 Å². The highest BCUT2D eigenvalue weighted by Crippen LogP contribution is 2.26. The van der Waals surface area contributed by atoms with E-state index in [-0.39, 0.29) is 0 Å². The van der Waals surface area contributed by atoms with Crippen molar-refractivity contribution in [2.45, 2.75) is 32.4 Å². The topological polar surface area (TPSA) is 33.7 Å². The van der Waals surface area contributed by atoms with Crippen molar-refractivity contribution in [2.24, 2.45) is 0 Å². The van der Waals surface area contributed by atoms with Gasteiger partial charge in [0, 0.05) is 19.1 Å². The second-order valence-electron chi connectivity index (χ2n) is 6.74. The molecule has 1 N–H and O–H groups in total. The van der Waals surface area contributed by atoms with Crippen LogP contribution in [0.15, 0.2) is 48.5 Å². The summed E-state index contributed by atoms with van der Waals surface area (Å²) >= 11 is 0. The number of ether oxygens (including phenoxy) is 2. The van der Waals surface area contributed by atoms with Crippen LogP contribution in [-0.4, -0.2) is 38.3 Å². The van der Waals surface area contributed by atoms with Gasteiger partial charge in [-0.2, -0.15) is 0 Å². The van der Waals surface area contributed by atoms with E-state index in [1.165, 1.54) is 37.1 Å². The van der Waals surface area contributed by atoms with Crippen LogP contribution in [0.3, 0.4) is 0 Å². The molecule has 1 atom stereocenters. The molecule has 2 aromatic carbocycles. The van der Waals surface area contributed by atoms with Crippen molar-refractivity contribution in [3.63, 3.8) is 0 Å². The normalized spacial score (nSPS) is 15.8. The van der Waals surface area contributed by atoms with Gasteiger partial charge in [-0.3, -0.25) is 4.90 Å². The SMILES string of the molecule is CCOc1cccc(CNCC(c2ccc(OC)cc2)N2CCCC2)c1. The van der Waals surface area contributed by atoms with E-state index in [1.54, 1.807) is 7.11 Å². The van der Waals surface area contributed by atoms with Gasteiger partial charge in [-0.05, 0) is 68.2 Å². The van der Waals surface area contributed by atoms with E-state index in [0.29, 0.717) is 12.6 Å². The average molecular weight is 354 g/mol. The van der Waals surface area contributed by atoms with Gasteiger partial charge in [0.2, 0.25) is 0 Å². The van der Waals surface area contributed by atoms with Crippen LogP contribution < -0.4 is 14.8 Å². The number of rotatable bonds is 9. The summed E-state index contributed by atoms with van der Waals surface area (Å²) in [7, 11) is 1.71. The fraction of sp³-hybridized carbons (Fsp3) is 0.455. The van der Waals surface area contributed by atoms with E-state index in [4.69, 9.17) is 9.47 Å². The zero-order chi connectivity index (χ0) is 18.2. The molecule has 1 fully saturated rings. The van der Waals surface area contributed by atoms with Gasteiger partial charge in [0.15, 0.2) is 0 Å². The monoisotopic (exact) mass is 354 g/mol. The van der Waals surface area contributed by atoms with Crippen LogP contribution in [0.1, 0.15) is 36.9 Å². The number of nitrogens with zero attached hydrogens (tertiary/aromatic N) is 1. The fourth-order valence-electron chi connectivity index (χ4n) is 3.60. The van der Waals surface area contributed by atoms with Gasteiger partial charge in [-0.1, -0.05) is 24.3 Å². The lowest BCUT2D eigenvalue weighted by atomic mass is 10.0. The van der Waals surface area contributed by atoms with E-state index in [9.17, 15) is 0 Å². The summed E-state index contributed by atoms with van der Waals surface area (Å²) in [5.74, 6) is 1.85. The Morgan fingerprint density at radius 1 is 1.04 bits per heavy atom. The van der Waals surface area contributed by atoms with Crippen molar-refractivity contribution in [1.82, 2.24) is 10.2 Å². The minimum atomic E-state index is 0.401. The molecule has 1 saturated heterocycles. The summed E-state index contributed by atoms with van der Waals surface area (Å²) in [4.78, 5) is 2.59. The minimum absolute atomic E-state index is 0.401. The third-order valence-electron chi connectivity index (χ3n) is 4.96. The first-order chi connectivity index (χ1) is 12.8. The van der Waals surface area contributed by atoms with E-state index in [1.807, 2.05) is 13.0 Å². The third-order valence-corrected chi connectivity index (χ3v) is 4.96.